The first kappa shape index (κ1) is 13.8. The molecule has 1 heterocycles. The quantitative estimate of drug-likeness (QED) is 0.944. The smallest absolute Gasteiger partial charge is 0.254 e. The number of hydrogen-bond acceptors (Lipinski definition) is 3. The molecule has 0 amide bonds. The summed E-state index contributed by atoms with van der Waals surface area (Å²) in [5.74, 6) is 1.21. The molecule has 0 atom stereocenters. The van der Waals surface area contributed by atoms with E-state index < -0.39 is 0 Å². The third-order valence-corrected chi connectivity index (χ3v) is 3.50. The molecule has 0 bridgehead atoms. The van der Waals surface area contributed by atoms with Gasteiger partial charge in [0.2, 0.25) is 0 Å². The van der Waals surface area contributed by atoms with Crippen LogP contribution in [0.25, 0.3) is 11.4 Å². The lowest BCUT2D eigenvalue weighted by Gasteiger charge is -2.10. The molecule has 1 aromatic heterocycles. The lowest BCUT2D eigenvalue weighted by molar-refractivity contribution is 0.416. The molecule has 0 aliphatic rings. The average Bonchev–Trinajstić information content (AvgIpc) is 2.41. The van der Waals surface area contributed by atoms with Crippen molar-refractivity contribution >= 4 is 15.9 Å². The number of halogens is 1. The molecule has 0 aliphatic carbocycles. The second-order valence-corrected chi connectivity index (χ2v) is 5.10. The molecule has 2 aromatic rings. The number of aryl methyl sites for hydroxylation is 1. The molecule has 4 nitrogen and oxygen atoms in total. The molecule has 0 saturated carbocycles. The van der Waals surface area contributed by atoms with Gasteiger partial charge in [0, 0.05) is 10.0 Å². The third kappa shape index (κ3) is 2.71. The van der Waals surface area contributed by atoms with Crippen LogP contribution in [0, 0.1) is 6.92 Å². The van der Waals surface area contributed by atoms with Crippen molar-refractivity contribution in [3.63, 3.8) is 0 Å². The minimum absolute atomic E-state index is 0.108. The predicted molar refractivity (Wildman–Crippen MR) is 78.7 cm³/mol. The summed E-state index contributed by atoms with van der Waals surface area (Å²) < 4.78 is 6.22. The van der Waals surface area contributed by atoms with Gasteiger partial charge in [0.25, 0.3) is 5.56 Å². The molecule has 19 heavy (non-hydrogen) atoms. The zero-order valence-corrected chi connectivity index (χ0v) is 12.7. The second kappa shape index (κ2) is 5.57. The van der Waals surface area contributed by atoms with Gasteiger partial charge in [-0.3, -0.25) is 4.79 Å². The van der Waals surface area contributed by atoms with Crippen molar-refractivity contribution in [2.75, 3.05) is 7.11 Å². The normalized spacial score (nSPS) is 10.5. The number of nitrogens with one attached hydrogen (secondary N) is 1. The predicted octanol–water partition coefficient (Wildman–Crippen LogP) is 3.08. The SMILES string of the molecule is CCc1nc(-c2cc(Br)ccc2OC)[nH]c(=O)c1C. The zero-order valence-electron chi connectivity index (χ0n) is 11.1. The molecule has 1 N–H and O–H groups in total. The van der Waals surface area contributed by atoms with E-state index in [0.717, 1.165) is 22.2 Å². The van der Waals surface area contributed by atoms with E-state index in [4.69, 9.17) is 4.74 Å². The van der Waals surface area contributed by atoms with Gasteiger partial charge < -0.3 is 9.72 Å². The monoisotopic (exact) mass is 322 g/mol. The van der Waals surface area contributed by atoms with Crippen molar-refractivity contribution in [3.8, 4) is 17.1 Å². The van der Waals surface area contributed by atoms with Crippen molar-refractivity contribution in [2.45, 2.75) is 20.3 Å². The Morgan fingerprint density at radius 3 is 2.79 bits per heavy atom. The Labute approximate surface area is 120 Å². The van der Waals surface area contributed by atoms with E-state index in [0.29, 0.717) is 17.1 Å². The van der Waals surface area contributed by atoms with Crippen LogP contribution in [0.3, 0.4) is 0 Å². The minimum Gasteiger partial charge on any atom is -0.496 e. The Morgan fingerprint density at radius 1 is 1.42 bits per heavy atom. The van der Waals surface area contributed by atoms with Crippen molar-refractivity contribution in [1.82, 2.24) is 9.97 Å². The first-order valence-corrected chi connectivity index (χ1v) is 6.79. The van der Waals surface area contributed by atoms with Gasteiger partial charge in [-0.15, -0.1) is 0 Å². The lowest BCUT2D eigenvalue weighted by atomic mass is 10.1. The lowest BCUT2D eigenvalue weighted by Crippen LogP contribution is -2.15. The fourth-order valence-electron chi connectivity index (χ4n) is 1.92. The highest BCUT2D eigenvalue weighted by molar-refractivity contribution is 9.10. The van der Waals surface area contributed by atoms with Gasteiger partial charge in [-0.25, -0.2) is 4.98 Å². The fourth-order valence-corrected chi connectivity index (χ4v) is 2.28. The van der Waals surface area contributed by atoms with Gasteiger partial charge in [0.05, 0.1) is 18.4 Å². The maximum atomic E-state index is 11.9. The highest BCUT2D eigenvalue weighted by atomic mass is 79.9. The van der Waals surface area contributed by atoms with Gasteiger partial charge in [-0.2, -0.15) is 0 Å². The Bertz CT molecular complexity index is 665. The third-order valence-electron chi connectivity index (χ3n) is 3.00. The number of H-pyrrole nitrogens is 1. The molecule has 0 spiro atoms. The van der Waals surface area contributed by atoms with Gasteiger partial charge >= 0.3 is 0 Å². The molecule has 0 unspecified atom stereocenters. The van der Waals surface area contributed by atoms with Gasteiger partial charge in [0.1, 0.15) is 11.6 Å². The molecule has 100 valence electrons. The number of aromatic nitrogens is 2. The van der Waals surface area contributed by atoms with Crippen LogP contribution >= 0.6 is 15.9 Å². The van der Waals surface area contributed by atoms with E-state index in [1.165, 1.54) is 0 Å². The summed E-state index contributed by atoms with van der Waals surface area (Å²) in [5.41, 5.74) is 2.13. The van der Waals surface area contributed by atoms with E-state index in [1.807, 2.05) is 25.1 Å². The molecule has 0 fully saturated rings. The molecule has 2 rings (SSSR count). The number of ether oxygens (including phenoxy) is 1. The van der Waals surface area contributed by atoms with Crippen LogP contribution < -0.4 is 10.3 Å². The number of nitrogens with zero attached hydrogens (tertiary/aromatic N) is 1. The molecule has 0 radical (unpaired) electrons. The molecule has 0 aliphatic heterocycles. The van der Waals surface area contributed by atoms with E-state index >= 15 is 0 Å². The largest absolute Gasteiger partial charge is 0.496 e. The van der Waals surface area contributed by atoms with Crippen LogP contribution in [-0.4, -0.2) is 17.1 Å². The summed E-state index contributed by atoms with van der Waals surface area (Å²) in [6.45, 7) is 3.77. The summed E-state index contributed by atoms with van der Waals surface area (Å²) in [6.07, 6.45) is 0.721. The molecule has 1 aromatic carbocycles. The van der Waals surface area contributed by atoms with Crippen LogP contribution in [0.2, 0.25) is 0 Å². The summed E-state index contributed by atoms with van der Waals surface area (Å²) in [7, 11) is 1.60. The van der Waals surface area contributed by atoms with Crippen LogP contribution in [0.4, 0.5) is 0 Å². The number of rotatable bonds is 3. The summed E-state index contributed by atoms with van der Waals surface area (Å²) in [4.78, 5) is 19.2. The highest BCUT2D eigenvalue weighted by Gasteiger charge is 2.12. The first-order valence-electron chi connectivity index (χ1n) is 6.00. The second-order valence-electron chi connectivity index (χ2n) is 4.18. The average molecular weight is 323 g/mol. The maximum absolute atomic E-state index is 11.9. The van der Waals surface area contributed by atoms with Crippen molar-refractivity contribution in [3.05, 3.63) is 44.3 Å². The summed E-state index contributed by atoms with van der Waals surface area (Å²) >= 11 is 3.42. The maximum Gasteiger partial charge on any atom is 0.254 e. The van der Waals surface area contributed by atoms with Crippen molar-refractivity contribution < 1.29 is 4.74 Å². The van der Waals surface area contributed by atoms with E-state index in [1.54, 1.807) is 14.0 Å². The first-order chi connectivity index (χ1) is 9.06. The Morgan fingerprint density at radius 2 is 2.16 bits per heavy atom. The number of aromatic amines is 1. The van der Waals surface area contributed by atoms with Crippen LogP contribution in [0.5, 0.6) is 5.75 Å². The molecule has 5 heteroatoms. The topological polar surface area (TPSA) is 55.0 Å². The Hall–Kier alpha value is -1.62. The standard InChI is InChI=1S/C14H15BrN2O2/c1-4-11-8(2)14(18)17-13(16-11)10-7-9(15)5-6-12(10)19-3/h5-7H,4H2,1-3H3,(H,16,17,18). The Kier molecular flexibility index (Phi) is 4.04. The highest BCUT2D eigenvalue weighted by Crippen LogP contribution is 2.30. The van der Waals surface area contributed by atoms with Crippen LogP contribution in [0.1, 0.15) is 18.2 Å². The Balaban J connectivity index is 2.68. The van der Waals surface area contributed by atoms with Gasteiger partial charge in [0.15, 0.2) is 0 Å². The van der Waals surface area contributed by atoms with Crippen LogP contribution in [0.15, 0.2) is 27.5 Å². The summed E-state index contributed by atoms with van der Waals surface area (Å²) in [6, 6.07) is 5.60. The van der Waals surface area contributed by atoms with E-state index in [9.17, 15) is 4.79 Å². The van der Waals surface area contributed by atoms with E-state index in [-0.39, 0.29) is 5.56 Å². The zero-order chi connectivity index (χ0) is 14.0. The van der Waals surface area contributed by atoms with E-state index in [2.05, 4.69) is 25.9 Å². The van der Waals surface area contributed by atoms with Gasteiger partial charge in [-0.05, 0) is 31.5 Å². The fraction of sp³-hybridized carbons (Fsp3) is 0.286. The number of hydrogen-bond donors (Lipinski definition) is 1. The number of benzene rings is 1. The summed E-state index contributed by atoms with van der Waals surface area (Å²) in [5, 5.41) is 0. The molecular formula is C14H15BrN2O2. The van der Waals surface area contributed by atoms with Crippen LogP contribution in [-0.2, 0) is 6.42 Å². The molecule has 0 saturated heterocycles. The minimum atomic E-state index is -0.108. The van der Waals surface area contributed by atoms with Gasteiger partial charge in [-0.1, -0.05) is 22.9 Å². The van der Waals surface area contributed by atoms with Crippen molar-refractivity contribution in [1.29, 1.82) is 0 Å². The van der Waals surface area contributed by atoms with Crippen molar-refractivity contribution in [2.24, 2.45) is 0 Å². The molecular weight excluding hydrogens is 308 g/mol. The number of methoxy groups -OCH3 is 1.